The van der Waals surface area contributed by atoms with Crippen LogP contribution in [0.1, 0.15) is 15.9 Å². The maximum Gasteiger partial charge on any atom is 0.249 e. The smallest absolute Gasteiger partial charge is 0.249 e. The normalized spacial score (nSPS) is 9.78. The summed E-state index contributed by atoms with van der Waals surface area (Å²) in [4.78, 5) is 11.3. The minimum atomic E-state index is -0.537. The molecule has 1 amide bonds. The van der Waals surface area contributed by atoms with Crippen LogP contribution in [-0.2, 0) is 0 Å². The van der Waals surface area contributed by atoms with E-state index in [4.69, 9.17) is 11.1 Å². The summed E-state index contributed by atoms with van der Waals surface area (Å²) >= 11 is 0. The second-order valence-corrected chi connectivity index (χ2v) is 3.78. The van der Waals surface area contributed by atoms with Gasteiger partial charge in [-0.15, -0.1) is 0 Å². The molecular weight excluding hydrogens is 226 g/mol. The lowest BCUT2D eigenvalue weighted by Crippen LogP contribution is -2.20. The Hall–Kier alpha value is -2.62. The lowest BCUT2D eigenvalue weighted by atomic mass is 10.1. The SMILES string of the molecule is N=C(Nc1ccccc1)c1ccccc1C(N)=O. The number of amides is 1. The summed E-state index contributed by atoms with van der Waals surface area (Å²) in [5.41, 5.74) is 6.91. The van der Waals surface area contributed by atoms with Crippen molar-refractivity contribution >= 4 is 17.4 Å². The van der Waals surface area contributed by atoms with Gasteiger partial charge in [0.1, 0.15) is 5.84 Å². The average molecular weight is 239 g/mol. The van der Waals surface area contributed by atoms with Crippen molar-refractivity contribution < 1.29 is 4.79 Å². The Kier molecular flexibility index (Phi) is 3.38. The standard InChI is InChI=1S/C14H13N3O/c15-13(17-10-6-2-1-3-7-10)11-8-4-5-9-12(11)14(16)18/h1-9H,(H2,15,17)(H2,16,18). The van der Waals surface area contributed by atoms with Crippen molar-refractivity contribution in [2.24, 2.45) is 5.73 Å². The van der Waals surface area contributed by atoms with Gasteiger partial charge in [-0.3, -0.25) is 10.2 Å². The third-order valence-corrected chi connectivity index (χ3v) is 2.50. The van der Waals surface area contributed by atoms with Gasteiger partial charge in [0, 0.05) is 11.3 Å². The fourth-order valence-corrected chi connectivity index (χ4v) is 1.65. The van der Waals surface area contributed by atoms with Crippen molar-refractivity contribution in [3.05, 3.63) is 65.7 Å². The molecule has 4 nitrogen and oxygen atoms in total. The van der Waals surface area contributed by atoms with Crippen LogP contribution >= 0.6 is 0 Å². The van der Waals surface area contributed by atoms with Gasteiger partial charge in [0.25, 0.3) is 0 Å². The molecule has 90 valence electrons. The Balaban J connectivity index is 2.27. The van der Waals surface area contributed by atoms with Gasteiger partial charge in [0.05, 0.1) is 5.56 Å². The van der Waals surface area contributed by atoms with Crippen LogP contribution in [0, 0.1) is 5.41 Å². The van der Waals surface area contributed by atoms with E-state index in [0.717, 1.165) is 5.69 Å². The highest BCUT2D eigenvalue weighted by atomic mass is 16.1. The first-order chi connectivity index (χ1) is 8.68. The number of nitrogens with two attached hydrogens (primary N) is 1. The van der Waals surface area contributed by atoms with E-state index >= 15 is 0 Å². The zero-order chi connectivity index (χ0) is 13.0. The van der Waals surface area contributed by atoms with Crippen LogP contribution in [0.25, 0.3) is 0 Å². The summed E-state index contributed by atoms with van der Waals surface area (Å²) in [5, 5.41) is 10.9. The fourth-order valence-electron chi connectivity index (χ4n) is 1.65. The van der Waals surface area contributed by atoms with Crippen molar-refractivity contribution in [3.8, 4) is 0 Å². The maximum absolute atomic E-state index is 11.3. The molecule has 0 unspecified atom stereocenters. The Morgan fingerprint density at radius 3 is 2.11 bits per heavy atom. The molecular formula is C14H13N3O. The highest BCUT2D eigenvalue weighted by molar-refractivity contribution is 6.13. The number of benzene rings is 2. The first-order valence-corrected chi connectivity index (χ1v) is 5.48. The van der Waals surface area contributed by atoms with Gasteiger partial charge in [0.2, 0.25) is 5.91 Å². The van der Waals surface area contributed by atoms with E-state index < -0.39 is 5.91 Å². The largest absolute Gasteiger partial charge is 0.366 e. The van der Waals surface area contributed by atoms with Crippen LogP contribution < -0.4 is 11.1 Å². The van der Waals surface area contributed by atoms with E-state index in [1.54, 1.807) is 24.3 Å². The molecule has 0 saturated carbocycles. The quantitative estimate of drug-likeness (QED) is 0.567. The van der Waals surface area contributed by atoms with Gasteiger partial charge in [-0.1, -0.05) is 36.4 Å². The molecule has 4 N–H and O–H groups in total. The molecule has 2 aromatic rings. The second-order valence-electron chi connectivity index (χ2n) is 3.78. The van der Waals surface area contributed by atoms with Crippen LogP contribution in [0.5, 0.6) is 0 Å². The number of para-hydroxylation sites is 1. The molecule has 18 heavy (non-hydrogen) atoms. The molecule has 4 heteroatoms. The number of anilines is 1. The highest BCUT2D eigenvalue weighted by Crippen LogP contribution is 2.12. The minimum absolute atomic E-state index is 0.149. The van der Waals surface area contributed by atoms with E-state index in [1.807, 2.05) is 30.3 Å². The van der Waals surface area contributed by atoms with Crippen LogP contribution in [0.4, 0.5) is 5.69 Å². The van der Waals surface area contributed by atoms with Gasteiger partial charge in [-0.2, -0.15) is 0 Å². The topological polar surface area (TPSA) is 79.0 Å². The van der Waals surface area contributed by atoms with Crippen LogP contribution in [0.3, 0.4) is 0 Å². The van der Waals surface area contributed by atoms with E-state index in [-0.39, 0.29) is 5.84 Å². The predicted molar refractivity (Wildman–Crippen MR) is 71.9 cm³/mol. The molecule has 2 aromatic carbocycles. The predicted octanol–water partition coefficient (Wildman–Crippen LogP) is 2.22. The number of nitrogens with one attached hydrogen (secondary N) is 2. The molecule has 0 aliphatic rings. The first kappa shape index (κ1) is 11.9. The summed E-state index contributed by atoms with van der Waals surface area (Å²) in [6.07, 6.45) is 0. The zero-order valence-electron chi connectivity index (χ0n) is 9.68. The van der Waals surface area contributed by atoms with E-state index in [2.05, 4.69) is 5.32 Å². The van der Waals surface area contributed by atoms with Crippen LogP contribution in [0.2, 0.25) is 0 Å². The Morgan fingerprint density at radius 1 is 0.944 bits per heavy atom. The summed E-state index contributed by atoms with van der Waals surface area (Å²) in [7, 11) is 0. The second kappa shape index (κ2) is 5.14. The molecule has 0 saturated heterocycles. The third kappa shape index (κ3) is 2.55. The lowest BCUT2D eigenvalue weighted by Gasteiger charge is -2.10. The van der Waals surface area contributed by atoms with Gasteiger partial charge in [-0.25, -0.2) is 0 Å². The van der Waals surface area contributed by atoms with Crippen molar-refractivity contribution in [2.45, 2.75) is 0 Å². The number of hydrogen-bond acceptors (Lipinski definition) is 2. The Labute approximate surface area is 105 Å². The number of hydrogen-bond donors (Lipinski definition) is 3. The summed E-state index contributed by atoms with van der Waals surface area (Å²) in [5.74, 6) is -0.388. The highest BCUT2D eigenvalue weighted by Gasteiger charge is 2.11. The fraction of sp³-hybridized carbons (Fsp3) is 0. The molecule has 0 aliphatic carbocycles. The molecule has 0 heterocycles. The van der Waals surface area contributed by atoms with Gasteiger partial charge in [-0.05, 0) is 18.2 Å². The third-order valence-electron chi connectivity index (χ3n) is 2.50. The van der Waals surface area contributed by atoms with Crippen LogP contribution in [0.15, 0.2) is 54.6 Å². The van der Waals surface area contributed by atoms with Gasteiger partial charge < -0.3 is 11.1 Å². The molecule has 0 atom stereocenters. The zero-order valence-corrected chi connectivity index (χ0v) is 9.68. The summed E-state index contributed by atoms with van der Waals surface area (Å²) in [6.45, 7) is 0. The van der Waals surface area contributed by atoms with Gasteiger partial charge >= 0.3 is 0 Å². The molecule has 2 rings (SSSR count). The van der Waals surface area contributed by atoms with Crippen molar-refractivity contribution in [3.63, 3.8) is 0 Å². The molecule has 0 bridgehead atoms. The van der Waals surface area contributed by atoms with Crippen molar-refractivity contribution in [1.29, 1.82) is 5.41 Å². The van der Waals surface area contributed by atoms with Crippen molar-refractivity contribution in [2.75, 3.05) is 5.32 Å². The van der Waals surface area contributed by atoms with Crippen molar-refractivity contribution in [1.82, 2.24) is 0 Å². The van der Waals surface area contributed by atoms with E-state index in [1.165, 1.54) is 0 Å². The molecule has 0 spiro atoms. The summed E-state index contributed by atoms with van der Waals surface area (Å²) in [6, 6.07) is 16.1. The molecule has 0 aliphatic heterocycles. The molecule has 0 aromatic heterocycles. The Morgan fingerprint density at radius 2 is 1.50 bits per heavy atom. The lowest BCUT2D eigenvalue weighted by molar-refractivity contribution is 0.1000. The summed E-state index contributed by atoms with van der Waals surface area (Å²) < 4.78 is 0. The number of rotatable bonds is 3. The number of carbonyl (C=O) groups excluding carboxylic acids is 1. The number of primary amides is 1. The molecule has 0 fully saturated rings. The first-order valence-electron chi connectivity index (χ1n) is 5.48. The molecule has 0 radical (unpaired) electrons. The Bertz CT molecular complexity index is 579. The minimum Gasteiger partial charge on any atom is -0.366 e. The van der Waals surface area contributed by atoms with Crippen LogP contribution in [-0.4, -0.2) is 11.7 Å². The van der Waals surface area contributed by atoms with E-state index in [0.29, 0.717) is 11.1 Å². The number of carbonyl (C=O) groups is 1. The average Bonchev–Trinajstić information content (AvgIpc) is 2.40. The van der Waals surface area contributed by atoms with Gasteiger partial charge in [0.15, 0.2) is 0 Å². The maximum atomic E-state index is 11.3. The monoisotopic (exact) mass is 239 g/mol. The number of amidine groups is 1. The van der Waals surface area contributed by atoms with E-state index in [9.17, 15) is 4.79 Å².